The zero-order valence-corrected chi connectivity index (χ0v) is 9.80. The standard InChI is InChI=1S/C12H17ClN2/c1-15-7-3-6-12(14,9-15)10-4-2-5-11(13)8-10/h2,4-5,8H,3,6-7,9,14H2,1H3. The van der Waals surface area contributed by atoms with E-state index in [4.69, 9.17) is 17.3 Å². The minimum Gasteiger partial charge on any atom is -0.320 e. The van der Waals surface area contributed by atoms with Crippen molar-refractivity contribution in [3.8, 4) is 0 Å². The Hall–Kier alpha value is -0.570. The molecule has 1 aliphatic heterocycles. The van der Waals surface area contributed by atoms with Crippen molar-refractivity contribution < 1.29 is 0 Å². The van der Waals surface area contributed by atoms with Gasteiger partial charge >= 0.3 is 0 Å². The molecule has 0 spiro atoms. The highest BCUT2D eigenvalue weighted by Crippen LogP contribution is 2.29. The van der Waals surface area contributed by atoms with E-state index in [0.717, 1.165) is 36.5 Å². The summed E-state index contributed by atoms with van der Waals surface area (Å²) < 4.78 is 0. The number of nitrogens with zero attached hydrogens (tertiary/aromatic N) is 1. The minimum atomic E-state index is -0.224. The maximum atomic E-state index is 6.44. The molecule has 0 aromatic heterocycles. The third-order valence-corrected chi connectivity index (χ3v) is 3.35. The summed E-state index contributed by atoms with van der Waals surface area (Å²) in [4.78, 5) is 2.28. The Morgan fingerprint density at radius 1 is 1.47 bits per heavy atom. The quantitative estimate of drug-likeness (QED) is 0.793. The summed E-state index contributed by atoms with van der Waals surface area (Å²) in [6.07, 6.45) is 2.19. The molecule has 1 unspecified atom stereocenters. The molecule has 82 valence electrons. The van der Waals surface area contributed by atoms with Crippen LogP contribution in [0.25, 0.3) is 0 Å². The molecule has 0 amide bonds. The molecular weight excluding hydrogens is 208 g/mol. The van der Waals surface area contributed by atoms with E-state index >= 15 is 0 Å². The first-order chi connectivity index (χ1) is 7.10. The van der Waals surface area contributed by atoms with Gasteiger partial charge in [0.05, 0.1) is 5.54 Å². The lowest BCUT2D eigenvalue weighted by molar-refractivity contribution is 0.179. The molecule has 1 saturated heterocycles. The van der Waals surface area contributed by atoms with Crippen molar-refractivity contribution in [1.29, 1.82) is 0 Å². The molecule has 0 radical (unpaired) electrons. The summed E-state index contributed by atoms with van der Waals surface area (Å²) in [5, 5.41) is 0.769. The maximum absolute atomic E-state index is 6.44. The molecule has 0 bridgehead atoms. The molecule has 2 rings (SSSR count). The van der Waals surface area contributed by atoms with Gasteiger partial charge in [-0.25, -0.2) is 0 Å². The van der Waals surface area contributed by atoms with Crippen LogP contribution in [0.3, 0.4) is 0 Å². The number of hydrogen-bond donors (Lipinski definition) is 1. The van der Waals surface area contributed by atoms with E-state index in [1.54, 1.807) is 0 Å². The zero-order chi connectivity index (χ0) is 10.9. The van der Waals surface area contributed by atoms with Gasteiger partial charge in [0.1, 0.15) is 0 Å². The molecular formula is C12H17ClN2. The summed E-state index contributed by atoms with van der Waals surface area (Å²) in [5.74, 6) is 0. The van der Waals surface area contributed by atoms with Gasteiger partial charge in [0.25, 0.3) is 0 Å². The third kappa shape index (κ3) is 2.33. The van der Waals surface area contributed by atoms with Crippen molar-refractivity contribution in [3.05, 3.63) is 34.9 Å². The minimum absolute atomic E-state index is 0.224. The average Bonchev–Trinajstić information content (AvgIpc) is 2.17. The summed E-state index contributed by atoms with van der Waals surface area (Å²) in [5.41, 5.74) is 7.37. The predicted octanol–water partition coefficient (Wildman–Crippen LogP) is 2.22. The second-order valence-corrected chi connectivity index (χ2v) is 4.94. The van der Waals surface area contributed by atoms with Crippen LogP contribution in [-0.4, -0.2) is 25.0 Å². The number of benzene rings is 1. The van der Waals surface area contributed by atoms with Gasteiger partial charge < -0.3 is 10.6 Å². The van der Waals surface area contributed by atoms with Crippen LogP contribution in [0.5, 0.6) is 0 Å². The third-order valence-electron chi connectivity index (χ3n) is 3.11. The number of piperidine rings is 1. The lowest BCUT2D eigenvalue weighted by Crippen LogP contribution is -2.50. The van der Waals surface area contributed by atoms with Gasteiger partial charge in [-0.1, -0.05) is 23.7 Å². The largest absolute Gasteiger partial charge is 0.320 e. The van der Waals surface area contributed by atoms with Gasteiger partial charge in [0.15, 0.2) is 0 Å². The van der Waals surface area contributed by atoms with Gasteiger partial charge in [0.2, 0.25) is 0 Å². The Morgan fingerprint density at radius 3 is 2.93 bits per heavy atom. The number of likely N-dealkylation sites (N-methyl/N-ethyl adjacent to an activating group) is 1. The number of likely N-dealkylation sites (tertiary alicyclic amines) is 1. The monoisotopic (exact) mass is 224 g/mol. The van der Waals surface area contributed by atoms with Gasteiger partial charge in [-0.05, 0) is 44.1 Å². The smallest absolute Gasteiger partial charge is 0.0539 e. The predicted molar refractivity (Wildman–Crippen MR) is 64.0 cm³/mol. The Balaban J connectivity index is 2.28. The Kier molecular flexibility index (Phi) is 3.01. The van der Waals surface area contributed by atoms with Gasteiger partial charge in [-0.15, -0.1) is 0 Å². The van der Waals surface area contributed by atoms with Crippen molar-refractivity contribution in [3.63, 3.8) is 0 Å². The summed E-state index contributed by atoms with van der Waals surface area (Å²) in [7, 11) is 2.12. The van der Waals surface area contributed by atoms with E-state index in [1.807, 2.05) is 18.2 Å². The van der Waals surface area contributed by atoms with E-state index in [1.165, 1.54) is 0 Å². The summed E-state index contributed by atoms with van der Waals surface area (Å²) in [6, 6.07) is 7.92. The second-order valence-electron chi connectivity index (χ2n) is 4.51. The summed E-state index contributed by atoms with van der Waals surface area (Å²) >= 11 is 5.99. The van der Waals surface area contributed by atoms with Crippen molar-refractivity contribution >= 4 is 11.6 Å². The molecule has 1 aromatic carbocycles. The molecule has 1 fully saturated rings. The fourth-order valence-corrected chi connectivity index (χ4v) is 2.53. The molecule has 1 atom stereocenters. The molecule has 3 heteroatoms. The van der Waals surface area contributed by atoms with Crippen molar-refractivity contribution in [1.82, 2.24) is 4.90 Å². The molecule has 1 aliphatic rings. The van der Waals surface area contributed by atoms with E-state index in [9.17, 15) is 0 Å². The molecule has 1 heterocycles. The SMILES string of the molecule is CN1CCCC(N)(c2cccc(Cl)c2)C1. The van der Waals surface area contributed by atoms with E-state index in [0.29, 0.717) is 0 Å². The number of hydrogen-bond acceptors (Lipinski definition) is 2. The van der Waals surface area contributed by atoms with Crippen LogP contribution >= 0.6 is 11.6 Å². The van der Waals surface area contributed by atoms with E-state index in [2.05, 4.69) is 18.0 Å². The summed E-state index contributed by atoms with van der Waals surface area (Å²) in [6.45, 7) is 2.05. The van der Waals surface area contributed by atoms with Crippen LogP contribution in [-0.2, 0) is 5.54 Å². The molecule has 0 aliphatic carbocycles. The molecule has 0 saturated carbocycles. The topological polar surface area (TPSA) is 29.3 Å². The average molecular weight is 225 g/mol. The highest BCUT2D eigenvalue weighted by atomic mass is 35.5. The number of halogens is 1. The Bertz CT molecular complexity index is 353. The fourth-order valence-electron chi connectivity index (χ4n) is 2.34. The highest BCUT2D eigenvalue weighted by Gasteiger charge is 2.31. The first kappa shape index (κ1) is 10.9. The number of nitrogens with two attached hydrogens (primary N) is 1. The Morgan fingerprint density at radius 2 is 2.27 bits per heavy atom. The first-order valence-electron chi connectivity index (χ1n) is 5.34. The molecule has 2 N–H and O–H groups in total. The molecule has 1 aromatic rings. The van der Waals surface area contributed by atoms with E-state index < -0.39 is 0 Å². The van der Waals surface area contributed by atoms with Gasteiger partial charge in [-0.2, -0.15) is 0 Å². The van der Waals surface area contributed by atoms with Crippen molar-refractivity contribution in [2.75, 3.05) is 20.1 Å². The van der Waals surface area contributed by atoms with Crippen LogP contribution in [0.2, 0.25) is 5.02 Å². The Labute approximate surface area is 96.0 Å². The van der Waals surface area contributed by atoms with Crippen LogP contribution in [0.1, 0.15) is 18.4 Å². The van der Waals surface area contributed by atoms with Crippen molar-refractivity contribution in [2.24, 2.45) is 5.73 Å². The first-order valence-corrected chi connectivity index (χ1v) is 5.71. The van der Waals surface area contributed by atoms with Crippen LogP contribution in [0.4, 0.5) is 0 Å². The fraction of sp³-hybridized carbons (Fsp3) is 0.500. The van der Waals surface area contributed by atoms with Crippen LogP contribution in [0.15, 0.2) is 24.3 Å². The van der Waals surface area contributed by atoms with Gasteiger partial charge in [-0.3, -0.25) is 0 Å². The molecule has 2 nitrogen and oxygen atoms in total. The number of rotatable bonds is 1. The van der Waals surface area contributed by atoms with Crippen LogP contribution in [0, 0.1) is 0 Å². The van der Waals surface area contributed by atoms with Gasteiger partial charge in [0, 0.05) is 11.6 Å². The maximum Gasteiger partial charge on any atom is 0.0539 e. The van der Waals surface area contributed by atoms with Crippen LogP contribution < -0.4 is 5.73 Å². The lowest BCUT2D eigenvalue weighted by atomic mass is 9.83. The normalized spacial score (nSPS) is 27.9. The lowest BCUT2D eigenvalue weighted by Gasteiger charge is -2.39. The highest BCUT2D eigenvalue weighted by molar-refractivity contribution is 6.30. The zero-order valence-electron chi connectivity index (χ0n) is 9.04. The van der Waals surface area contributed by atoms with E-state index in [-0.39, 0.29) is 5.54 Å². The van der Waals surface area contributed by atoms with Crippen molar-refractivity contribution in [2.45, 2.75) is 18.4 Å². The molecule has 15 heavy (non-hydrogen) atoms. The second kappa shape index (κ2) is 4.12.